The summed E-state index contributed by atoms with van der Waals surface area (Å²) in [5.74, 6) is -0.202. The Morgan fingerprint density at radius 3 is 2.50 bits per heavy atom. The molecule has 0 radical (unpaired) electrons. The molecule has 0 saturated carbocycles. The van der Waals surface area contributed by atoms with E-state index in [1.165, 1.54) is 12.1 Å². The quantitative estimate of drug-likeness (QED) is 0.677. The topological polar surface area (TPSA) is 12.9 Å². The number of benzene rings is 1. The van der Waals surface area contributed by atoms with Gasteiger partial charge < -0.3 is 0 Å². The van der Waals surface area contributed by atoms with Gasteiger partial charge in [-0.15, -0.1) is 0 Å². The summed E-state index contributed by atoms with van der Waals surface area (Å²) in [6.07, 6.45) is 0. The van der Waals surface area contributed by atoms with Crippen LogP contribution >= 0.6 is 0 Å². The molecule has 0 saturated heterocycles. The summed E-state index contributed by atoms with van der Waals surface area (Å²) < 4.78 is 12.5. The molecule has 0 bridgehead atoms. The number of hydrogen-bond donors (Lipinski definition) is 0. The molecular formula is C9H6FNSe. The molecule has 1 aromatic carbocycles. The summed E-state index contributed by atoms with van der Waals surface area (Å²) in [6, 6.07) is 6.41. The van der Waals surface area contributed by atoms with E-state index in [9.17, 15) is 4.39 Å². The fourth-order valence-corrected chi connectivity index (χ4v) is 2.15. The van der Waals surface area contributed by atoms with Gasteiger partial charge in [0.2, 0.25) is 0 Å². The first-order chi connectivity index (χ1) is 5.86. The van der Waals surface area contributed by atoms with E-state index < -0.39 is 0 Å². The molecule has 0 spiro atoms. The zero-order valence-corrected chi connectivity index (χ0v) is 7.91. The Morgan fingerprint density at radius 2 is 1.92 bits per heavy atom. The van der Waals surface area contributed by atoms with E-state index in [-0.39, 0.29) is 5.82 Å². The van der Waals surface area contributed by atoms with Crippen LogP contribution < -0.4 is 0 Å². The third-order valence-electron chi connectivity index (χ3n) is 1.57. The van der Waals surface area contributed by atoms with Gasteiger partial charge in [-0.3, -0.25) is 0 Å². The minimum atomic E-state index is -0.202. The van der Waals surface area contributed by atoms with Crippen LogP contribution in [0.15, 0.2) is 34.3 Å². The zero-order chi connectivity index (χ0) is 8.39. The molecule has 1 aromatic heterocycles. The van der Waals surface area contributed by atoms with Crippen LogP contribution in [0.3, 0.4) is 0 Å². The standard InChI is InChI=1S/C9H6FNSe/c10-8-3-1-7(2-4-8)9-5-12-6-11-9/h1-6H. The van der Waals surface area contributed by atoms with E-state index in [0.29, 0.717) is 14.5 Å². The maximum atomic E-state index is 12.5. The number of nitrogens with zero attached hydrogens (tertiary/aromatic N) is 1. The van der Waals surface area contributed by atoms with E-state index in [1.807, 2.05) is 5.07 Å². The first-order valence-corrected chi connectivity index (χ1v) is 5.48. The molecule has 2 aromatic rings. The van der Waals surface area contributed by atoms with Crippen molar-refractivity contribution < 1.29 is 4.39 Å². The van der Waals surface area contributed by atoms with Crippen molar-refractivity contribution in [2.45, 2.75) is 0 Å². The molecular weight excluding hydrogens is 220 g/mol. The Morgan fingerprint density at radius 1 is 1.17 bits per heavy atom. The first-order valence-electron chi connectivity index (χ1n) is 3.50. The van der Waals surface area contributed by atoms with E-state index >= 15 is 0 Å². The monoisotopic (exact) mass is 227 g/mol. The van der Waals surface area contributed by atoms with Gasteiger partial charge in [0.1, 0.15) is 0 Å². The molecule has 1 heterocycles. The Labute approximate surface area is 75.6 Å². The summed E-state index contributed by atoms with van der Waals surface area (Å²) in [5, 5.41) is 1.91. The molecule has 0 atom stereocenters. The fourth-order valence-electron chi connectivity index (χ4n) is 0.976. The van der Waals surface area contributed by atoms with Gasteiger partial charge in [0, 0.05) is 0 Å². The molecule has 1 nitrogen and oxygen atoms in total. The molecule has 60 valence electrons. The van der Waals surface area contributed by atoms with Crippen LogP contribution in [0.1, 0.15) is 0 Å². The third kappa shape index (κ3) is 1.47. The maximum absolute atomic E-state index is 12.5. The number of halogens is 1. The summed E-state index contributed by atoms with van der Waals surface area (Å²) >= 11 is 0.393. The van der Waals surface area contributed by atoms with Crippen molar-refractivity contribution in [3.63, 3.8) is 0 Å². The van der Waals surface area contributed by atoms with Crippen molar-refractivity contribution >= 4 is 14.5 Å². The van der Waals surface area contributed by atoms with Crippen molar-refractivity contribution in [3.05, 3.63) is 40.1 Å². The molecule has 0 aliphatic heterocycles. The minimum absolute atomic E-state index is 0.202. The Bertz CT molecular complexity index is 353. The van der Waals surface area contributed by atoms with Crippen LogP contribution in [-0.2, 0) is 0 Å². The van der Waals surface area contributed by atoms with Gasteiger partial charge in [0.05, 0.1) is 0 Å². The number of hydrogen-bond acceptors (Lipinski definition) is 1. The summed E-state index contributed by atoms with van der Waals surface area (Å²) in [7, 11) is 0. The van der Waals surface area contributed by atoms with Crippen molar-refractivity contribution in [1.29, 1.82) is 0 Å². The molecule has 0 amide bonds. The summed E-state index contributed by atoms with van der Waals surface area (Å²) in [6.45, 7) is 0. The van der Waals surface area contributed by atoms with Crippen LogP contribution in [0.5, 0.6) is 0 Å². The number of rotatable bonds is 1. The van der Waals surface area contributed by atoms with Crippen molar-refractivity contribution in [2.24, 2.45) is 0 Å². The van der Waals surface area contributed by atoms with Gasteiger partial charge in [-0.2, -0.15) is 0 Å². The predicted molar refractivity (Wildman–Crippen MR) is 46.6 cm³/mol. The van der Waals surface area contributed by atoms with Crippen LogP contribution in [0.25, 0.3) is 11.3 Å². The van der Waals surface area contributed by atoms with Gasteiger partial charge >= 0.3 is 75.2 Å². The van der Waals surface area contributed by atoms with Gasteiger partial charge in [0.25, 0.3) is 0 Å². The molecule has 0 unspecified atom stereocenters. The van der Waals surface area contributed by atoms with E-state index in [4.69, 9.17) is 0 Å². The normalized spacial score (nSPS) is 10.1. The molecule has 0 aliphatic carbocycles. The van der Waals surface area contributed by atoms with Crippen molar-refractivity contribution in [2.75, 3.05) is 0 Å². The number of aromatic nitrogens is 1. The fraction of sp³-hybridized carbons (Fsp3) is 0. The second-order valence-corrected chi connectivity index (χ2v) is 3.89. The molecule has 0 N–H and O–H groups in total. The van der Waals surface area contributed by atoms with E-state index in [0.717, 1.165) is 11.3 Å². The molecule has 3 heteroatoms. The van der Waals surface area contributed by atoms with E-state index in [2.05, 4.69) is 9.92 Å². The second kappa shape index (κ2) is 3.21. The molecule has 0 fully saturated rings. The van der Waals surface area contributed by atoms with Crippen LogP contribution in [0.2, 0.25) is 0 Å². The van der Waals surface area contributed by atoms with E-state index in [1.54, 1.807) is 12.1 Å². The molecule has 12 heavy (non-hydrogen) atoms. The Hall–Kier alpha value is -0.921. The summed E-state index contributed by atoms with van der Waals surface area (Å²) in [4.78, 5) is 6.26. The third-order valence-corrected chi connectivity index (χ3v) is 2.80. The van der Waals surface area contributed by atoms with Gasteiger partial charge in [-0.05, 0) is 0 Å². The van der Waals surface area contributed by atoms with Gasteiger partial charge in [-0.25, -0.2) is 0 Å². The summed E-state index contributed by atoms with van der Waals surface area (Å²) in [5.41, 5.74) is 1.96. The Balaban J connectivity index is 2.43. The molecule has 0 aliphatic rings. The average molecular weight is 226 g/mol. The van der Waals surface area contributed by atoms with Crippen molar-refractivity contribution in [3.8, 4) is 11.3 Å². The van der Waals surface area contributed by atoms with Crippen molar-refractivity contribution in [1.82, 2.24) is 4.98 Å². The van der Waals surface area contributed by atoms with Crippen LogP contribution in [0.4, 0.5) is 4.39 Å². The van der Waals surface area contributed by atoms with Crippen LogP contribution in [0, 0.1) is 5.82 Å². The zero-order valence-electron chi connectivity index (χ0n) is 6.20. The van der Waals surface area contributed by atoms with Crippen LogP contribution in [-0.4, -0.2) is 19.5 Å². The second-order valence-electron chi connectivity index (χ2n) is 2.38. The molecule has 2 rings (SSSR count). The SMILES string of the molecule is Fc1ccc(-c2c[se]cn2)cc1. The predicted octanol–water partition coefficient (Wildman–Crippen LogP) is 1.94. The average Bonchev–Trinajstić information content (AvgIpc) is 2.58. The first kappa shape index (κ1) is 7.71. The van der Waals surface area contributed by atoms with Gasteiger partial charge in [-0.1, -0.05) is 0 Å². The Kier molecular flexibility index (Phi) is 2.07. The van der Waals surface area contributed by atoms with Gasteiger partial charge in [0.15, 0.2) is 0 Å².